The number of hydrogen-bond donors (Lipinski definition) is 2. The molecule has 0 aromatic carbocycles. The van der Waals surface area contributed by atoms with E-state index in [4.69, 9.17) is 5.73 Å². The summed E-state index contributed by atoms with van der Waals surface area (Å²) in [6.07, 6.45) is 1.62. The molecule has 3 N–H and O–H groups in total. The lowest BCUT2D eigenvalue weighted by molar-refractivity contribution is 0.0833. The lowest BCUT2D eigenvalue weighted by atomic mass is 9.88. The molecule has 0 saturated carbocycles. The van der Waals surface area contributed by atoms with Crippen LogP contribution in [-0.4, -0.2) is 32.5 Å². The molecule has 104 valence electrons. The fraction of sp³-hybridized carbons (Fsp3) is 0.846. The average molecular weight is 254 g/mol. The first kappa shape index (κ1) is 15.1. The number of aromatic nitrogens is 3. The zero-order chi connectivity index (χ0) is 13.7. The molecule has 0 aliphatic carbocycles. The standard InChI is InChI=1S/C13H26N4O/c1-9(2)7-17-13(15-8-16-17)5-12(18)11(6-14)10(3)4/h8-12,18H,5-7,14H2,1-4H3. The van der Waals surface area contributed by atoms with E-state index in [1.165, 1.54) is 0 Å². The molecule has 0 spiro atoms. The second-order valence-electron chi connectivity index (χ2n) is 5.67. The predicted octanol–water partition coefficient (Wildman–Crippen LogP) is 1.07. The number of aliphatic hydroxyl groups excluding tert-OH is 1. The molecule has 2 unspecified atom stereocenters. The van der Waals surface area contributed by atoms with Gasteiger partial charge in [0.2, 0.25) is 0 Å². The maximum atomic E-state index is 10.2. The van der Waals surface area contributed by atoms with Crippen LogP contribution in [0.25, 0.3) is 0 Å². The molecule has 0 aliphatic heterocycles. The number of hydrogen-bond acceptors (Lipinski definition) is 4. The van der Waals surface area contributed by atoms with Gasteiger partial charge in [-0.3, -0.25) is 0 Å². The Morgan fingerprint density at radius 1 is 1.33 bits per heavy atom. The summed E-state index contributed by atoms with van der Waals surface area (Å²) in [6.45, 7) is 9.77. The van der Waals surface area contributed by atoms with Crippen molar-refractivity contribution in [3.05, 3.63) is 12.2 Å². The van der Waals surface area contributed by atoms with E-state index in [1.54, 1.807) is 6.33 Å². The molecule has 0 bridgehead atoms. The van der Waals surface area contributed by atoms with E-state index in [-0.39, 0.29) is 5.92 Å². The van der Waals surface area contributed by atoms with Gasteiger partial charge in [-0.2, -0.15) is 5.10 Å². The van der Waals surface area contributed by atoms with Crippen LogP contribution in [-0.2, 0) is 13.0 Å². The van der Waals surface area contributed by atoms with Crippen LogP contribution < -0.4 is 5.73 Å². The van der Waals surface area contributed by atoms with Crippen molar-refractivity contribution in [3.8, 4) is 0 Å². The molecule has 0 aliphatic rings. The van der Waals surface area contributed by atoms with Gasteiger partial charge in [0.15, 0.2) is 0 Å². The summed E-state index contributed by atoms with van der Waals surface area (Å²) in [6, 6.07) is 0. The van der Waals surface area contributed by atoms with Crippen LogP contribution in [0.4, 0.5) is 0 Å². The Morgan fingerprint density at radius 2 is 2.00 bits per heavy atom. The summed E-state index contributed by atoms with van der Waals surface area (Å²) in [4.78, 5) is 4.24. The molecule has 0 saturated heterocycles. The highest BCUT2D eigenvalue weighted by Crippen LogP contribution is 2.17. The van der Waals surface area contributed by atoms with E-state index in [2.05, 4.69) is 37.8 Å². The molecule has 18 heavy (non-hydrogen) atoms. The van der Waals surface area contributed by atoms with Crippen molar-refractivity contribution in [2.24, 2.45) is 23.5 Å². The summed E-state index contributed by atoms with van der Waals surface area (Å²) in [5.41, 5.74) is 5.72. The lowest BCUT2D eigenvalue weighted by Gasteiger charge is -2.24. The van der Waals surface area contributed by atoms with Crippen molar-refractivity contribution in [2.45, 2.75) is 46.8 Å². The molecule has 0 fully saturated rings. The van der Waals surface area contributed by atoms with Gasteiger partial charge >= 0.3 is 0 Å². The van der Waals surface area contributed by atoms with Crippen molar-refractivity contribution < 1.29 is 5.11 Å². The van der Waals surface area contributed by atoms with E-state index in [1.807, 2.05) is 4.68 Å². The molecule has 0 radical (unpaired) electrons. The van der Waals surface area contributed by atoms with Crippen LogP contribution in [0, 0.1) is 17.8 Å². The first-order chi connectivity index (χ1) is 8.45. The Bertz CT molecular complexity index is 349. The van der Waals surface area contributed by atoms with Crippen LogP contribution in [0.5, 0.6) is 0 Å². The minimum absolute atomic E-state index is 0.106. The SMILES string of the molecule is CC(C)Cn1ncnc1CC(O)C(CN)C(C)C. The van der Waals surface area contributed by atoms with Gasteiger partial charge in [0.1, 0.15) is 12.2 Å². The smallest absolute Gasteiger partial charge is 0.138 e. The highest BCUT2D eigenvalue weighted by atomic mass is 16.3. The summed E-state index contributed by atoms with van der Waals surface area (Å²) < 4.78 is 1.88. The zero-order valence-electron chi connectivity index (χ0n) is 11.9. The van der Waals surface area contributed by atoms with Gasteiger partial charge in [0.25, 0.3) is 0 Å². The Hall–Kier alpha value is -0.940. The Morgan fingerprint density at radius 3 is 2.50 bits per heavy atom. The van der Waals surface area contributed by atoms with Gasteiger partial charge in [-0.1, -0.05) is 27.7 Å². The highest BCUT2D eigenvalue weighted by molar-refractivity contribution is 4.90. The van der Waals surface area contributed by atoms with Gasteiger partial charge in [0.05, 0.1) is 6.10 Å². The number of nitrogens with zero attached hydrogens (tertiary/aromatic N) is 3. The van der Waals surface area contributed by atoms with Crippen molar-refractivity contribution in [2.75, 3.05) is 6.54 Å². The average Bonchev–Trinajstić information content (AvgIpc) is 2.65. The first-order valence-electron chi connectivity index (χ1n) is 6.70. The summed E-state index contributed by atoms with van der Waals surface area (Å²) >= 11 is 0. The van der Waals surface area contributed by atoms with Gasteiger partial charge in [-0.25, -0.2) is 9.67 Å². The van der Waals surface area contributed by atoms with Crippen LogP contribution in [0.15, 0.2) is 6.33 Å². The minimum Gasteiger partial charge on any atom is -0.392 e. The van der Waals surface area contributed by atoms with Gasteiger partial charge in [0, 0.05) is 13.0 Å². The molecule has 1 aromatic heterocycles. The third-order valence-electron chi connectivity index (χ3n) is 3.25. The molecule has 1 rings (SSSR count). The van der Waals surface area contributed by atoms with Crippen molar-refractivity contribution in [3.63, 3.8) is 0 Å². The van der Waals surface area contributed by atoms with E-state index < -0.39 is 6.10 Å². The quantitative estimate of drug-likeness (QED) is 0.763. The predicted molar refractivity (Wildman–Crippen MR) is 72.0 cm³/mol. The largest absolute Gasteiger partial charge is 0.392 e. The monoisotopic (exact) mass is 254 g/mol. The topological polar surface area (TPSA) is 77.0 Å². The molecule has 5 heteroatoms. The third kappa shape index (κ3) is 4.07. The minimum atomic E-state index is -0.454. The Kier molecular flexibility index (Phi) is 5.75. The molecular weight excluding hydrogens is 228 g/mol. The summed E-state index contributed by atoms with van der Waals surface area (Å²) in [7, 11) is 0. The maximum Gasteiger partial charge on any atom is 0.138 e. The van der Waals surface area contributed by atoms with Crippen LogP contribution in [0.2, 0.25) is 0 Å². The van der Waals surface area contributed by atoms with E-state index in [0.717, 1.165) is 12.4 Å². The molecule has 0 amide bonds. The third-order valence-corrected chi connectivity index (χ3v) is 3.25. The normalized spacial score (nSPS) is 15.3. The fourth-order valence-electron chi connectivity index (χ4n) is 2.16. The number of nitrogens with two attached hydrogens (primary N) is 1. The van der Waals surface area contributed by atoms with Gasteiger partial charge in [-0.15, -0.1) is 0 Å². The fourth-order valence-corrected chi connectivity index (χ4v) is 2.16. The number of aliphatic hydroxyl groups is 1. The molecular formula is C13H26N4O. The molecule has 2 atom stereocenters. The van der Waals surface area contributed by atoms with Crippen molar-refractivity contribution in [1.29, 1.82) is 0 Å². The van der Waals surface area contributed by atoms with E-state index >= 15 is 0 Å². The van der Waals surface area contributed by atoms with Crippen LogP contribution in [0.1, 0.15) is 33.5 Å². The second-order valence-corrected chi connectivity index (χ2v) is 5.67. The number of rotatable bonds is 7. The maximum absolute atomic E-state index is 10.2. The Balaban J connectivity index is 2.69. The van der Waals surface area contributed by atoms with Gasteiger partial charge < -0.3 is 10.8 Å². The second kappa shape index (κ2) is 6.85. The Labute approximate surface area is 109 Å². The van der Waals surface area contributed by atoms with E-state index in [0.29, 0.717) is 24.8 Å². The van der Waals surface area contributed by atoms with Crippen LogP contribution >= 0.6 is 0 Å². The van der Waals surface area contributed by atoms with Gasteiger partial charge in [-0.05, 0) is 24.3 Å². The highest BCUT2D eigenvalue weighted by Gasteiger charge is 2.23. The molecule has 1 aromatic rings. The van der Waals surface area contributed by atoms with Crippen LogP contribution in [0.3, 0.4) is 0 Å². The van der Waals surface area contributed by atoms with Crippen molar-refractivity contribution in [1.82, 2.24) is 14.8 Å². The molecule has 1 heterocycles. The lowest BCUT2D eigenvalue weighted by Crippen LogP contribution is -2.34. The summed E-state index contributed by atoms with van der Waals surface area (Å²) in [5, 5.41) is 14.5. The van der Waals surface area contributed by atoms with E-state index in [9.17, 15) is 5.11 Å². The first-order valence-corrected chi connectivity index (χ1v) is 6.70. The summed E-state index contributed by atoms with van der Waals surface area (Å²) in [5.74, 6) is 1.83. The molecule has 5 nitrogen and oxygen atoms in total. The zero-order valence-corrected chi connectivity index (χ0v) is 11.9. The van der Waals surface area contributed by atoms with Crippen molar-refractivity contribution >= 4 is 0 Å².